The van der Waals surface area contributed by atoms with Gasteiger partial charge < -0.3 is 5.32 Å². The van der Waals surface area contributed by atoms with Gasteiger partial charge in [0.1, 0.15) is 0 Å². The second-order valence-corrected chi connectivity index (χ2v) is 7.02. The van der Waals surface area contributed by atoms with Gasteiger partial charge in [-0.3, -0.25) is 4.79 Å². The minimum atomic E-state index is 0.256. The van der Waals surface area contributed by atoms with Gasteiger partial charge in [-0.1, -0.05) is 74.2 Å². The monoisotopic (exact) mass is 331 g/mol. The van der Waals surface area contributed by atoms with Crippen molar-refractivity contribution in [3.63, 3.8) is 0 Å². The van der Waals surface area contributed by atoms with E-state index >= 15 is 0 Å². The van der Waals surface area contributed by atoms with Crippen LogP contribution in [-0.4, -0.2) is 16.8 Å². The second kappa shape index (κ2) is 10.7. The molecule has 112 valence electrons. The zero-order valence-electron chi connectivity index (χ0n) is 12.4. The summed E-state index contributed by atoms with van der Waals surface area (Å²) in [4.78, 5) is 12.4. The Bertz CT molecular complexity index is 245. The number of alkyl halides is 1. The number of hydrogen-bond donors (Lipinski definition) is 1. The van der Waals surface area contributed by atoms with E-state index in [1.165, 1.54) is 57.8 Å². The molecule has 0 bridgehead atoms. The Morgan fingerprint density at radius 3 is 2.53 bits per heavy atom. The molecule has 0 spiro atoms. The third kappa shape index (κ3) is 7.96. The third-order valence-electron chi connectivity index (χ3n) is 4.04. The highest BCUT2D eigenvalue weighted by molar-refractivity contribution is 9.09. The lowest BCUT2D eigenvalue weighted by atomic mass is 10.1. The molecular formula is C16H30BrNO. The van der Waals surface area contributed by atoms with E-state index in [1.54, 1.807) is 0 Å². The predicted molar refractivity (Wildman–Crippen MR) is 85.7 cm³/mol. The number of unbranched alkanes of at least 4 members (excludes halogenated alkanes) is 5. The van der Waals surface area contributed by atoms with Crippen molar-refractivity contribution in [2.45, 2.75) is 94.8 Å². The number of carbonyl (C=O) groups excluding carboxylic acids is 1. The highest BCUT2D eigenvalue weighted by Gasteiger charge is 2.22. The van der Waals surface area contributed by atoms with Crippen LogP contribution >= 0.6 is 15.9 Å². The third-order valence-corrected chi connectivity index (χ3v) is 5.13. The maximum atomic E-state index is 11.9. The van der Waals surface area contributed by atoms with Gasteiger partial charge in [0, 0.05) is 17.3 Å². The number of amides is 1. The number of halogens is 1. The Balaban J connectivity index is 2.09. The van der Waals surface area contributed by atoms with Gasteiger partial charge in [0.2, 0.25) is 5.91 Å². The van der Waals surface area contributed by atoms with Crippen LogP contribution in [0.5, 0.6) is 0 Å². The summed E-state index contributed by atoms with van der Waals surface area (Å²) in [6.45, 7) is 2.23. The van der Waals surface area contributed by atoms with Crippen LogP contribution in [0.4, 0.5) is 0 Å². The molecule has 0 heterocycles. The van der Waals surface area contributed by atoms with Gasteiger partial charge in [0.25, 0.3) is 0 Å². The average Bonchev–Trinajstić information content (AvgIpc) is 2.59. The molecule has 19 heavy (non-hydrogen) atoms. The van der Waals surface area contributed by atoms with E-state index in [0.717, 1.165) is 12.8 Å². The van der Waals surface area contributed by atoms with Crippen LogP contribution in [0.3, 0.4) is 0 Å². The van der Waals surface area contributed by atoms with Gasteiger partial charge in [0.05, 0.1) is 0 Å². The van der Waals surface area contributed by atoms with Crippen molar-refractivity contribution >= 4 is 21.8 Å². The molecule has 0 aromatic carbocycles. The van der Waals surface area contributed by atoms with Crippen molar-refractivity contribution in [2.75, 3.05) is 0 Å². The summed E-state index contributed by atoms with van der Waals surface area (Å²) in [5.41, 5.74) is 0. The molecule has 1 rings (SSSR count). The lowest BCUT2D eigenvalue weighted by molar-refractivity contribution is -0.121. The van der Waals surface area contributed by atoms with Crippen LogP contribution in [0.15, 0.2) is 0 Å². The van der Waals surface area contributed by atoms with Gasteiger partial charge >= 0.3 is 0 Å². The molecule has 1 saturated carbocycles. The van der Waals surface area contributed by atoms with Gasteiger partial charge in [-0.2, -0.15) is 0 Å². The molecule has 2 nitrogen and oxygen atoms in total. The van der Waals surface area contributed by atoms with Crippen molar-refractivity contribution in [1.29, 1.82) is 0 Å². The number of hydrogen-bond acceptors (Lipinski definition) is 1. The lowest BCUT2D eigenvalue weighted by Crippen LogP contribution is -2.40. The number of carbonyl (C=O) groups is 1. The minimum absolute atomic E-state index is 0.256. The van der Waals surface area contributed by atoms with Crippen molar-refractivity contribution in [3.8, 4) is 0 Å². The summed E-state index contributed by atoms with van der Waals surface area (Å²) in [5.74, 6) is 0.256. The van der Waals surface area contributed by atoms with E-state index in [4.69, 9.17) is 0 Å². The van der Waals surface area contributed by atoms with Crippen LogP contribution in [0, 0.1) is 0 Å². The maximum Gasteiger partial charge on any atom is 0.220 e. The first kappa shape index (κ1) is 17.0. The van der Waals surface area contributed by atoms with E-state index in [1.807, 2.05) is 0 Å². The van der Waals surface area contributed by atoms with Crippen LogP contribution in [0.25, 0.3) is 0 Å². The van der Waals surface area contributed by atoms with Crippen molar-refractivity contribution in [1.82, 2.24) is 5.32 Å². The molecule has 0 saturated heterocycles. The summed E-state index contributed by atoms with van der Waals surface area (Å²) < 4.78 is 0. The topological polar surface area (TPSA) is 29.1 Å². The molecule has 1 aliphatic carbocycles. The molecule has 1 aliphatic rings. The Morgan fingerprint density at radius 2 is 1.74 bits per heavy atom. The number of rotatable bonds is 8. The minimum Gasteiger partial charge on any atom is -0.352 e. The molecule has 0 radical (unpaired) electrons. The molecule has 0 aromatic rings. The fraction of sp³-hybridized carbons (Fsp3) is 0.938. The Morgan fingerprint density at radius 1 is 1.05 bits per heavy atom. The summed E-state index contributed by atoms with van der Waals surface area (Å²) in [6, 6.07) is 0.357. The molecule has 1 amide bonds. The van der Waals surface area contributed by atoms with Crippen LogP contribution in [0.1, 0.15) is 84.0 Å². The fourth-order valence-electron chi connectivity index (χ4n) is 2.77. The normalized spacial score (nSPS) is 23.9. The molecular weight excluding hydrogens is 302 g/mol. The van der Waals surface area contributed by atoms with Crippen LogP contribution < -0.4 is 5.32 Å². The smallest absolute Gasteiger partial charge is 0.220 e. The van der Waals surface area contributed by atoms with E-state index in [9.17, 15) is 4.79 Å². The first-order valence-corrected chi connectivity index (χ1v) is 9.09. The Kier molecular flexibility index (Phi) is 9.58. The van der Waals surface area contributed by atoms with Gasteiger partial charge in [-0.25, -0.2) is 0 Å². The van der Waals surface area contributed by atoms with E-state index in [-0.39, 0.29) is 5.91 Å². The van der Waals surface area contributed by atoms with Crippen molar-refractivity contribution in [2.24, 2.45) is 0 Å². The zero-order chi connectivity index (χ0) is 13.9. The zero-order valence-corrected chi connectivity index (χ0v) is 14.0. The van der Waals surface area contributed by atoms with E-state index in [0.29, 0.717) is 17.3 Å². The fourth-order valence-corrected chi connectivity index (χ4v) is 3.49. The molecule has 0 aliphatic heterocycles. The first-order chi connectivity index (χ1) is 9.24. The van der Waals surface area contributed by atoms with Gasteiger partial charge in [-0.05, 0) is 19.3 Å². The van der Waals surface area contributed by atoms with E-state index < -0.39 is 0 Å². The quantitative estimate of drug-likeness (QED) is 0.380. The summed E-state index contributed by atoms with van der Waals surface area (Å²) >= 11 is 3.73. The van der Waals surface area contributed by atoms with Crippen LogP contribution in [0.2, 0.25) is 0 Å². The van der Waals surface area contributed by atoms with Gasteiger partial charge in [-0.15, -0.1) is 0 Å². The van der Waals surface area contributed by atoms with Gasteiger partial charge in [0.15, 0.2) is 0 Å². The molecule has 2 unspecified atom stereocenters. The summed E-state index contributed by atoms with van der Waals surface area (Å²) in [5, 5.41) is 3.22. The first-order valence-electron chi connectivity index (χ1n) is 8.17. The number of nitrogens with one attached hydrogen (secondary N) is 1. The van der Waals surface area contributed by atoms with Crippen molar-refractivity contribution in [3.05, 3.63) is 0 Å². The molecule has 0 aromatic heterocycles. The largest absolute Gasteiger partial charge is 0.352 e. The Hall–Kier alpha value is -0.0500. The molecule has 1 N–H and O–H groups in total. The average molecular weight is 332 g/mol. The highest BCUT2D eigenvalue weighted by atomic mass is 79.9. The molecule has 3 heteroatoms. The maximum absolute atomic E-state index is 11.9. The SMILES string of the molecule is CCCCCCCCC(=O)NC1CCCCCC1Br. The summed E-state index contributed by atoms with van der Waals surface area (Å²) in [7, 11) is 0. The molecule has 2 atom stereocenters. The lowest BCUT2D eigenvalue weighted by Gasteiger charge is -2.21. The molecule has 1 fully saturated rings. The van der Waals surface area contributed by atoms with Crippen molar-refractivity contribution < 1.29 is 4.79 Å². The standard InChI is InChI=1S/C16H30BrNO/c1-2-3-4-5-6-10-13-16(19)18-15-12-9-7-8-11-14(15)17/h14-15H,2-13H2,1H3,(H,18,19). The summed E-state index contributed by atoms with van der Waals surface area (Å²) in [6.07, 6.45) is 14.4. The predicted octanol–water partition coefficient (Wildman–Crippen LogP) is 4.95. The van der Waals surface area contributed by atoms with E-state index in [2.05, 4.69) is 28.2 Å². The second-order valence-electron chi connectivity index (χ2n) is 5.85. The van der Waals surface area contributed by atoms with Crippen LogP contribution in [-0.2, 0) is 4.79 Å². The Labute approximate surface area is 127 Å². The highest BCUT2D eigenvalue weighted by Crippen LogP contribution is 2.23.